The highest BCUT2D eigenvalue weighted by atomic mass is 32.1. The molecule has 3 nitrogen and oxygen atoms in total. The largest absolute Gasteiger partial charge is 0.208 e. The Morgan fingerprint density at radius 3 is 1.33 bits per heavy atom. The van der Waals surface area contributed by atoms with Crippen LogP contribution in [-0.4, -0.2) is 15.0 Å². The summed E-state index contributed by atoms with van der Waals surface area (Å²) in [7, 11) is 0. The Morgan fingerprint density at radius 2 is 0.691 bits per heavy atom. The molecule has 10 rings (SSSR count). The van der Waals surface area contributed by atoms with Gasteiger partial charge in [-0.2, -0.15) is 0 Å². The van der Waals surface area contributed by atoms with E-state index in [1.165, 1.54) is 31.3 Å². The van der Waals surface area contributed by atoms with Gasteiger partial charge >= 0.3 is 0 Å². The maximum atomic E-state index is 5.22. The summed E-state index contributed by atoms with van der Waals surface area (Å²) < 4.78 is 2.61. The molecule has 0 aliphatic heterocycles. The van der Waals surface area contributed by atoms with Gasteiger partial charge in [0.15, 0.2) is 17.5 Å². The van der Waals surface area contributed by atoms with Gasteiger partial charge in [0.25, 0.3) is 0 Å². The molecule has 0 fully saturated rings. The minimum atomic E-state index is 0.623. The molecule has 0 N–H and O–H groups in total. The molecule has 2 aromatic heterocycles. The van der Waals surface area contributed by atoms with E-state index in [1.54, 1.807) is 0 Å². The quantitative estimate of drug-likeness (QED) is 0.165. The van der Waals surface area contributed by atoms with Gasteiger partial charge in [-0.05, 0) is 68.8 Å². The fraction of sp³-hybridized carbons (Fsp3) is 0. The lowest BCUT2D eigenvalue weighted by molar-refractivity contribution is 1.07. The number of nitrogens with zero attached hydrogens (tertiary/aromatic N) is 3. The fourth-order valence-electron chi connectivity index (χ4n) is 7.56. The van der Waals surface area contributed by atoms with Crippen molar-refractivity contribution in [1.29, 1.82) is 0 Å². The van der Waals surface area contributed by atoms with Crippen LogP contribution in [-0.2, 0) is 0 Å². The first-order valence-corrected chi connectivity index (χ1v) is 19.3. The van der Waals surface area contributed by atoms with Crippen LogP contribution in [0.25, 0.3) is 98.8 Å². The summed E-state index contributed by atoms with van der Waals surface area (Å²) >= 11 is 1.85. The lowest BCUT2D eigenvalue weighted by atomic mass is 9.95. The average Bonchev–Trinajstić information content (AvgIpc) is 3.66. The predicted octanol–water partition coefficient (Wildman–Crippen LogP) is 13.9. The van der Waals surface area contributed by atoms with Crippen molar-refractivity contribution in [1.82, 2.24) is 15.0 Å². The van der Waals surface area contributed by atoms with Crippen LogP contribution in [0.15, 0.2) is 200 Å². The molecule has 10 aromatic rings. The Labute approximate surface area is 323 Å². The van der Waals surface area contributed by atoms with Gasteiger partial charge in [-0.1, -0.05) is 176 Å². The van der Waals surface area contributed by atoms with Crippen molar-refractivity contribution in [3.8, 4) is 78.7 Å². The molecule has 0 atom stereocenters. The van der Waals surface area contributed by atoms with Gasteiger partial charge in [-0.3, -0.25) is 0 Å². The number of benzene rings is 8. The smallest absolute Gasteiger partial charge is 0.164 e. The molecule has 55 heavy (non-hydrogen) atoms. The van der Waals surface area contributed by atoms with E-state index in [9.17, 15) is 0 Å². The normalized spacial score (nSPS) is 11.3. The predicted molar refractivity (Wildman–Crippen MR) is 231 cm³/mol. The summed E-state index contributed by atoms with van der Waals surface area (Å²) in [6.45, 7) is 0. The summed E-state index contributed by atoms with van der Waals surface area (Å²) in [5.41, 5.74) is 11.9. The van der Waals surface area contributed by atoms with Crippen molar-refractivity contribution >= 4 is 31.5 Å². The van der Waals surface area contributed by atoms with Crippen LogP contribution in [0.3, 0.4) is 0 Å². The summed E-state index contributed by atoms with van der Waals surface area (Å²) in [6, 6.07) is 70.4. The van der Waals surface area contributed by atoms with Gasteiger partial charge in [0.05, 0.1) is 0 Å². The molecule has 258 valence electrons. The number of thiophene rings is 1. The van der Waals surface area contributed by atoms with Crippen molar-refractivity contribution in [3.05, 3.63) is 200 Å². The van der Waals surface area contributed by atoms with Crippen molar-refractivity contribution in [2.24, 2.45) is 0 Å². The van der Waals surface area contributed by atoms with E-state index in [2.05, 4.69) is 188 Å². The minimum absolute atomic E-state index is 0.623. The Kier molecular flexibility index (Phi) is 8.36. The first-order valence-electron chi connectivity index (χ1n) is 18.4. The molecule has 8 aromatic carbocycles. The van der Waals surface area contributed by atoms with E-state index in [0.29, 0.717) is 17.5 Å². The standard InChI is InChI=1S/C51H33N3S/c1-3-16-34(17-4-1)40-24-7-9-26-43(40)50-52-49(53-51(54-50)44-27-10-8-25-41(44)35-18-5-2-6-19-35)39-23-14-21-37(33-39)36-20-13-22-38(32-36)42-29-15-31-47-48(42)45-28-11-12-30-46(45)55-47/h1-33H. The number of hydrogen-bond acceptors (Lipinski definition) is 4. The molecule has 4 heteroatoms. The number of fused-ring (bicyclic) bond motifs is 3. The summed E-state index contributed by atoms with van der Waals surface area (Å²) in [4.78, 5) is 15.7. The van der Waals surface area contributed by atoms with E-state index < -0.39 is 0 Å². The van der Waals surface area contributed by atoms with Crippen molar-refractivity contribution < 1.29 is 0 Å². The Bertz CT molecular complexity index is 2880. The van der Waals surface area contributed by atoms with E-state index in [4.69, 9.17) is 15.0 Å². The monoisotopic (exact) mass is 719 g/mol. The van der Waals surface area contributed by atoms with Crippen LogP contribution in [0.1, 0.15) is 0 Å². The topological polar surface area (TPSA) is 38.7 Å². The van der Waals surface area contributed by atoms with Crippen LogP contribution in [0.4, 0.5) is 0 Å². The molecule has 0 saturated carbocycles. The highest BCUT2D eigenvalue weighted by molar-refractivity contribution is 7.25. The van der Waals surface area contributed by atoms with Gasteiger partial charge < -0.3 is 0 Å². The summed E-state index contributed by atoms with van der Waals surface area (Å²) in [5, 5.41) is 2.61. The lowest BCUT2D eigenvalue weighted by Crippen LogP contribution is -2.02. The van der Waals surface area contributed by atoms with Crippen LogP contribution >= 0.6 is 11.3 Å². The molecule has 0 amide bonds. The Balaban J connectivity index is 1.12. The van der Waals surface area contributed by atoms with Crippen LogP contribution < -0.4 is 0 Å². The average molecular weight is 720 g/mol. The van der Waals surface area contributed by atoms with Gasteiger partial charge in [0.1, 0.15) is 0 Å². The van der Waals surface area contributed by atoms with Gasteiger partial charge in [-0.15, -0.1) is 11.3 Å². The van der Waals surface area contributed by atoms with Crippen molar-refractivity contribution in [2.75, 3.05) is 0 Å². The Hall–Kier alpha value is -7.01. The molecule has 0 saturated heterocycles. The molecule has 2 heterocycles. The third-order valence-corrected chi connectivity index (χ3v) is 11.3. The van der Waals surface area contributed by atoms with E-state index in [0.717, 1.165) is 50.1 Å². The van der Waals surface area contributed by atoms with Gasteiger partial charge in [-0.25, -0.2) is 15.0 Å². The SMILES string of the molecule is c1ccc(-c2ccccc2-c2nc(-c3cccc(-c4cccc(-c5cccc6sc7ccccc7c56)c4)c3)nc(-c3ccccc3-c3ccccc3)n2)cc1. The maximum absolute atomic E-state index is 5.22. The third kappa shape index (κ3) is 6.19. The van der Waals surface area contributed by atoms with E-state index >= 15 is 0 Å². The first kappa shape index (κ1) is 32.6. The second kappa shape index (κ2) is 14.1. The second-order valence-corrected chi connectivity index (χ2v) is 14.7. The van der Waals surface area contributed by atoms with Crippen LogP contribution in [0.5, 0.6) is 0 Å². The zero-order valence-corrected chi connectivity index (χ0v) is 30.6. The highest BCUT2D eigenvalue weighted by Gasteiger charge is 2.18. The van der Waals surface area contributed by atoms with Crippen LogP contribution in [0.2, 0.25) is 0 Å². The zero-order valence-electron chi connectivity index (χ0n) is 29.8. The number of rotatable bonds is 7. The van der Waals surface area contributed by atoms with Gasteiger partial charge in [0.2, 0.25) is 0 Å². The maximum Gasteiger partial charge on any atom is 0.164 e. The summed E-state index contributed by atoms with van der Waals surface area (Å²) in [5.74, 6) is 1.88. The Morgan fingerprint density at radius 1 is 0.273 bits per heavy atom. The molecule has 0 aliphatic rings. The first-order chi connectivity index (χ1) is 27.3. The number of aromatic nitrogens is 3. The number of hydrogen-bond donors (Lipinski definition) is 0. The van der Waals surface area contributed by atoms with E-state index in [1.807, 2.05) is 23.5 Å². The second-order valence-electron chi connectivity index (χ2n) is 13.6. The minimum Gasteiger partial charge on any atom is -0.208 e. The molecule has 0 unspecified atom stereocenters. The zero-order chi connectivity index (χ0) is 36.6. The molecule has 0 radical (unpaired) electrons. The van der Waals surface area contributed by atoms with Crippen molar-refractivity contribution in [3.63, 3.8) is 0 Å². The molecular weight excluding hydrogens is 687 g/mol. The molecular formula is C51H33N3S. The van der Waals surface area contributed by atoms with Gasteiger partial charge in [0, 0.05) is 36.9 Å². The summed E-state index contributed by atoms with van der Waals surface area (Å²) in [6.07, 6.45) is 0. The highest BCUT2D eigenvalue weighted by Crippen LogP contribution is 2.41. The molecule has 0 bridgehead atoms. The third-order valence-electron chi connectivity index (χ3n) is 10.2. The van der Waals surface area contributed by atoms with Crippen molar-refractivity contribution in [2.45, 2.75) is 0 Å². The van der Waals surface area contributed by atoms with E-state index in [-0.39, 0.29) is 0 Å². The van der Waals surface area contributed by atoms with Crippen LogP contribution in [0, 0.1) is 0 Å². The fourth-order valence-corrected chi connectivity index (χ4v) is 8.69. The molecule has 0 aliphatic carbocycles. The lowest BCUT2D eigenvalue weighted by Gasteiger charge is -2.14. The molecule has 0 spiro atoms.